The summed E-state index contributed by atoms with van der Waals surface area (Å²) in [7, 11) is -2.79. The number of halogens is 1. The maximum Gasteiger partial charge on any atom is 0.147 e. The second kappa shape index (κ2) is 4.97. The van der Waals surface area contributed by atoms with Gasteiger partial charge < -0.3 is 0 Å². The Morgan fingerprint density at radius 1 is 1.36 bits per heavy atom. The van der Waals surface area contributed by atoms with Gasteiger partial charge in [0.15, 0.2) is 0 Å². The molecule has 4 heteroatoms. The topological polar surface area (TPSA) is 34.1 Å². The minimum Gasteiger partial charge on any atom is -0.229 e. The largest absolute Gasteiger partial charge is 0.229 e. The van der Waals surface area contributed by atoms with Crippen molar-refractivity contribution in [1.82, 2.24) is 0 Å². The van der Waals surface area contributed by atoms with Gasteiger partial charge in [-0.05, 0) is 37.5 Å². The van der Waals surface area contributed by atoms with Crippen LogP contribution in [0, 0.1) is 11.8 Å². The Balaban J connectivity index is 2.42. The summed E-state index contributed by atoms with van der Waals surface area (Å²) in [5.41, 5.74) is 0. The molecular weight excluding hydrogens is 264 g/mol. The fourth-order valence-electron chi connectivity index (χ4n) is 2.13. The number of hydrogen-bond donors (Lipinski definition) is 0. The molecule has 1 saturated carbocycles. The predicted octanol–water partition coefficient (Wildman–Crippen LogP) is 2.62. The Morgan fingerprint density at radius 3 is 2.57 bits per heavy atom. The maximum absolute atomic E-state index is 11.0. The molecule has 0 radical (unpaired) electrons. The van der Waals surface area contributed by atoms with Crippen LogP contribution in [-0.2, 0) is 9.84 Å². The van der Waals surface area contributed by atoms with E-state index in [1.54, 1.807) is 0 Å². The standard InChI is InChI=1S/C10H19BrO2S/c1-8-3-4-10(11)9(7-8)5-6-14(2,12)13/h8-10H,3-7H2,1-2H3. The summed E-state index contributed by atoms with van der Waals surface area (Å²) in [5.74, 6) is 1.65. The van der Waals surface area contributed by atoms with Crippen LogP contribution in [0.1, 0.15) is 32.6 Å². The monoisotopic (exact) mass is 282 g/mol. The summed E-state index contributed by atoms with van der Waals surface area (Å²) >= 11 is 3.66. The second-order valence-corrected chi connectivity index (χ2v) is 8.05. The van der Waals surface area contributed by atoms with Crippen molar-refractivity contribution < 1.29 is 8.42 Å². The highest BCUT2D eigenvalue weighted by atomic mass is 79.9. The lowest BCUT2D eigenvalue weighted by atomic mass is 9.81. The van der Waals surface area contributed by atoms with Gasteiger partial charge in [-0.2, -0.15) is 0 Å². The molecule has 1 rings (SSSR count). The molecular formula is C10H19BrO2S. The molecule has 0 heterocycles. The lowest BCUT2D eigenvalue weighted by Crippen LogP contribution is -2.25. The lowest BCUT2D eigenvalue weighted by Gasteiger charge is -2.31. The van der Waals surface area contributed by atoms with E-state index < -0.39 is 9.84 Å². The zero-order valence-electron chi connectivity index (χ0n) is 8.87. The number of hydrogen-bond acceptors (Lipinski definition) is 2. The number of alkyl halides is 1. The first-order valence-corrected chi connectivity index (χ1v) is 8.18. The summed E-state index contributed by atoms with van der Waals surface area (Å²) < 4.78 is 22.1. The van der Waals surface area contributed by atoms with Gasteiger partial charge in [-0.25, -0.2) is 8.42 Å². The van der Waals surface area contributed by atoms with Crippen molar-refractivity contribution in [3.8, 4) is 0 Å². The van der Waals surface area contributed by atoms with E-state index in [9.17, 15) is 8.42 Å². The van der Waals surface area contributed by atoms with E-state index in [-0.39, 0.29) is 0 Å². The third-order valence-electron chi connectivity index (χ3n) is 3.01. The molecule has 0 spiro atoms. The molecule has 0 aliphatic heterocycles. The molecule has 0 aromatic heterocycles. The second-order valence-electron chi connectivity index (χ2n) is 4.61. The molecule has 0 amide bonds. The van der Waals surface area contributed by atoms with Gasteiger partial charge in [0.2, 0.25) is 0 Å². The quantitative estimate of drug-likeness (QED) is 0.746. The van der Waals surface area contributed by atoms with Gasteiger partial charge in [0.25, 0.3) is 0 Å². The molecule has 1 aliphatic carbocycles. The van der Waals surface area contributed by atoms with Gasteiger partial charge in [0.05, 0.1) is 5.75 Å². The van der Waals surface area contributed by atoms with Gasteiger partial charge >= 0.3 is 0 Å². The third kappa shape index (κ3) is 4.30. The van der Waals surface area contributed by atoms with Crippen LogP contribution in [0.4, 0.5) is 0 Å². The maximum atomic E-state index is 11.0. The summed E-state index contributed by atoms with van der Waals surface area (Å²) in [5, 5.41) is 0. The molecule has 0 aromatic rings. The van der Waals surface area contributed by atoms with E-state index in [2.05, 4.69) is 22.9 Å². The Labute approximate surface area is 95.5 Å². The summed E-state index contributed by atoms with van der Waals surface area (Å²) in [6.07, 6.45) is 5.77. The van der Waals surface area contributed by atoms with Crippen molar-refractivity contribution in [1.29, 1.82) is 0 Å². The average Bonchev–Trinajstić information content (AvgIpc) is 2.05. The van der Waals surface area contributed by atoms with E-state index >= 15 is 0 Å². The molecule has 2 nitrogen and oxygen atoms in total. The van der Waals surface area contributed by atoms with Crippen LogP contribution in [0.2, 0.25) is 0 Å². The Kier molecular flexibility index (Phi) is 4.44. The first-order valence-electron chi connectivity index (χ1n) is 5.20. The SMILES string of the molecule is CC1CCC(Br)C(CCS(C)(=O)=O)C1. The minimum absolute atomic E-state index is 0.340. The Morgan fingerprint density at radius 2 is 2.00 bits per heavy atom. The molecule has 0 saturated heterocycles. The smallest absolute Gasteiger partial charge is 0.147 e. The van der Waals surface area contributed by atoms with E-state index in [0.29, 0.717) is 16.5 Å². The van der Waals surface area contributed by atoms with Crippen LogP contribution in [0.25, 0.3) is 0 Å². The highest BCUT2D eigenvalue weighted by molar-refractivity contribution is 9.09. The van der Waals surface area contributed by atoms with Crippen LogP contribution in [0.15, 0.2) is 0 Å². The highest BCUT2D eigenvalue weighted by Gasteiger charge is 2.27. The number of sulfone groups is 1. The molecule has 1 fully saturated rings. The summed E-state index contributed by atoms with van der Waals surface area (Å²) in [6.45, 7) is 2.26. The zero-order chi connectivity index (χ0) is 10.8. The van der Waals surface area contributed by atoms with Crippen LogP contribution >= 0.6 is 15.9 Å². The van der Waals surface area contributed by atoms with Crippen LogP contribution < -0.4 is 0 Å². The van der Waals surface area contributed by atoms with Crippen molar-refractivity contribution in [2.24, 2.45) is 11.8 Å². The van der Waals surface area contributed by atoms with E-state index in [1.165, 1.54) is 25.5 Å². The van der Waals surface area contributed by atoms with E-state index in [1.807, 2.05) is 0 Å². The first kappa shape index (κ1) is 12.5. The molecule has 14 heavy (non-hydrogen) atoms. The van der Waals surface area contributed by atoms with Gasteiger partial charge in [0.1, 0.15) is 9.84 Å². The molecule has 3 atom stereocenters. The van der Waals surface area contributed by atoms with Crippen LogP contribution in [0.5, 0.6) is 0 Å². The van der Waals surface area contributed by atoms with Crippen molar-refractivity contribution in [3.05, 3.63) is 0 Å². The normalized spacial score (nSPS) is 34.4. The third-order valence-corrected chi connectivity index (χ3v) is 5.19. The van der Waals surface area contributed by atoms with Crippen molar-refractivity contribution in [2.45, 2.75) is 37.4 Å². The van der Waals surface area contributed by atoms with E-state index in [0.717, 1.165) is 12.3 Å². The minimum atomic E-state index is -2.79. The van der Waals surface area contributed by atoms with Crippen LogP contribution in [-0.4, -0.2) is 25.3 Å². The van der Waals surface area contributed by atoms with Gasteiger partial charge in [-0.15, -0.1) is 0 Å². The van der Waals surface area contributed by atoms with E-state index in [4.69, 9.17) is 0 Å². The summed E-state index contributed by atoms with van der Waals surface area (Å²) in [6, 6.07) is 0. The average molecular weight is 283 g/mol. The van der Waals surface area contributed by atoms with Gasteiger partial charge in [0, 0.05) is 11.1 Å². The van der Waals surface area contributed by atoms with Gasteiger partial charge in [-0.1, -0.05) is 22.9 Å². The molecule has 3 unspecified atom stereocenters. The summed E-state index contributed by atoms with van der Waals surface area (Å²) in [4.78, 5) is 0.528. The molecule has 1 aliphatic rings. The fourth-order valence-corrected chi connectivity index (χ4v) is 3.60. The lowest BCUT2D eigenvalue weighted by molar-refractivity contribution is 0.290. The molecule has 0 bridgehead atoms. The number of rotatable bonds is 3. The van der Waals surface area contributed by atoms with Crippen LogP contribution in [0.3, 0.4) is 0 Å². The highest BCUT2D eigenvalue weighted by Crippen LogP contribution is 2.35. The molecule has 0 aromatic carbocycles. The zero-order valence-corrected chi connectivity index (χ0v) is 11.3. The Hall–Kier alpha value is 0.430. The first-order chi connectivity index (χ1) is 6.38. The molecule has 84 valence electrons. The van der Waals surface area contributed by atoms with Gasteiger partial charge in [-0.3, -0.25) is 0 Å². The van der Waals surface area contributed by atoms with Crippen molar-refractivity contribution in [3.63, 3.8) is 0 Å². The Bertz CT molecular complexity index is 274. The molecule has 0 N–H and O–H groups in total. The fraction of sp³-hybridized carbons (Fsp3) is 1.00. The predicted molar refractivity (Wildman–Crippen MR) is 63.5 cm³/mol. The van der Waals surface area contributed by atoms with Crippen molar-refractivity contribution in [2.75, 3.05) is 12.0 Å². The van der Waals surface area contributed by atoms with Crippen molar-refractivity contribution >= 4 is 25.8 Å².